The van der Waals surface area contributed by atoms with Gasteiger partial charge in [0, 0.05) is 49.1 Å². The number of rotatable bonds is 6. The molecule has 1 fully saturated rings. The highest BCUT2D eigenvalue weighted by atomic mass is 16.5. The van der Waals surface area contributed by atoms with Crippen LogP contribution in [0, 0.1) is 0 Å². The molecule has 1 saturated carbocycles. The third kappa shape index (κ3) is 4.23. The fourth-order valence-corrected chi connectivity index (χ4v) is 4.51. The van der Waals surface area contributed by atoms with Gasteiger partial charge in [0.2, 0.25) is 11.4 Å². The average Bonchev–Trinajstić information content (AvgIpc) is 3.66. The standard InChI is InChI=1S/C29H26N4O2/c1-32-16-23(13-14-27(32)34)25-17-33(2)31-29(25)35-18-19-7-9-21(10-8-19)28-24(20-11-12-20)15-22-5-3-4-6-26(22)30-28/h3-10,13-17,20H,11-12,18H2,1-2H3. The molecule has 3 aromatic heterocycles. The third-order valence-electron chi connectivity index (χ3n) is 6.57. The van der Waals surface area contributed by atoms with Crippen LogP contribution in [-0.4, -0.2) is 19.3 Å². The first-order valence-electron chi connectivity index (χ1n) is 11.9. The highest BCUT2D eigenvalue weighted by molar-refractivity contribution is 5.84. The van der Waals surface area contributed by atoms with E-state index in [1.54, 1.807) is 34.6 Å². The minimum absolute atomic E-state index is 0.0501. The van der Waals surface area contributed by atoms with E-state index in [-0.39, 0.29) is 5.56 Å². The van der Waals surface area contributed by atoms with Crippen LogP contribution in [0.3, 0.4) is 0 Å². The van der Waals surface area contributed by atoms with E-state index < -0.39 is 0 Å². The monoisotopic (exact) mass is 462 g/mol. The second-order valence-corrected chi connectivity index (χ2v) is 9.27. The molecule has 6 nitrogen and oxygen atoms in total. The van der Waals surface area contributed by atoms with E-state index in [2.05, 4.69) is 53.6 Å². The number of aryl methyl sites for hydroxylation is 2. The molecule has 0 atom stereocenters. The Bertz CT molecular complexity index is 1590. The summed E-state index contributed by atoms with van der Waals surface area (Å²) in [6, 6.07) is 22.5. The number of fused-ring (bicyclic) bond motifs is 1. The molecule has 35 heavy (non-hydrogen) atoms. The number of hydrogen-bond acceptors (Lipinski definition) is 4. The minimum Gasteiger partial charge on any atom is -0.471 e. The normalized spacial score (nSPS) is 13.3. The molecule has 0 aliphatic heterocycles. The van der Waals surface area contributed by atoms with Crippen molar-refractivity contribution >= 4 is 10.9 Å². The van der Waals surface area contributed by atoms with Crippen molar-refractivity contribution in [2.24, 2.45) is 14.1 Å². The maximum absolute atomic E-state index is 11.8. The molecular formula is C29H26N4O2. The number of aromatic nitrogens is 4. The van der Waals surface area contributed by atoms with Crippen LogP contribution >= 0.6 is 0 Å². The summed E-state index contributed by atoms with van der Waals surface area (Å²) in [5.41, 5.74) is 7.34. The Balaban J connectivity index is 1.25. The Morgan fingerprint density at radius 3 is 2.49 bits per heavy atom. The fraction of sp³-hybridized carbons (Fsp3) is 0.207. The fourth-order valence-electron chi connectivity index (χ4n) is 4.51. The summed E-state index contributed by atoms with van der Waals surface area (Å²) in [6.07, 6.45) is 6.18. The van der Waals surface area contributed by atoms with Gasteiger partial charge in [0.15, 0.2) is 0 Å². The van der Waals surface area contributed by atoms with Gasteiger partial charge in [-0.05, 0) is 48.1 Å². The van der Waals surface area contributed by atoms with E-state index >= 15 is 0 Å². The highest BCUT2D eigenvalue weighted by Gasteiger charge is 2.27. The van der Waals surface area contributed by atoms with Crippen molar-refractivity contribution in [3.8, 4) is 28.3 Å². The summed E-state index contributed by atoms with van der Waals surface area (Å²) in [4.78, 5) is 16.8. The lowest BCUT2D eigenvalue weighted by Gasteiger charge is -2.11. The number of hydrogen-bond donors (Lipinski definition) is 0. The second kappa shape index (κ2) is 8.55. The first-order valence-corrected chi connectivity index (χ1v) is 11.9. The van der Waals surface area contributed by atoms with Gasteiger partial charge in [-0.15, -0.1) is 5.10 Å². The molecule has 6 heteroatoms. The predicted molar refractivity (Wildman–Crippen MR) is 137 cm³/mol. The molecule has 0 bridgehead atoms. The maximum Gasteiger partial charge on any atom is 0.250 e. The molecule has 6 rings (SSSR count). The van der Waals surface area contributed by atoms with Crippen LogP contribution in [0.1, 0.15) is 29.9 Å². The van der Waals surface area contributed by atoms with Crippen LogP contribution in [0.25, 0.3) is 33.3 Å². The van der Waals surface area contributed by atoms with Gasteiger partial charge in [0.25, 0.3) is 0 Å². The Labute approximate surface area is 203 Å². The van der Waals surface area contributed by atoms with Gasteiger partial charge in [0.1, 0.15) is 6.61 Å². The van der Waals surface area contributed by atoms with Crippen LogP contribution in [0.4, 0.5) is 0 Å². The summed E-state index contributed by atoms with van der Waals surface area (Å²) in [7, 11) is 3.60. The average molecular weight is 463 g/mol. The molecule has 1 aliphatic rings. The minimum atomic E-state index is -0.0501. The largest absolute Gasteiger partial charge is 0.471 e. The van der Waals surface area contributed by atoms with Crippen LogP contribution in [0.5, 0.6) is 5.88 Å². The summed E-state index contributed by atoms with van der Waals surface area (Å²) in [6.45, 7) is 0.399. The maximum atomic E-state index is 11.8. The zero-order valence-corrected chi connectivity index (χ0v) is 19.8. The Kier molecular flexibility index (Phi) is 5.21. The molecule has 3 heterocycles. The van der Waals surface area contributed by atoms with Gasteiger partial charge in [0.05, 0.1) is 16.8 Å². The van der Waals surface area contributed by atoms with E-state index in [9.17, 15) is 4.79 Å². The lowest BCUT2D eigenvalue weighted by molar-refractivity contribution is 0.292. The van der Waals surface area contributed by atoms with Crippen molar-refractivity contribution in [1.82, 2.24) is 19.3 Å². The van der Waals surface area contributed by atoms with Crippen molar-refractivity contribution < 1.29 is 4.74 Å². The molecule has 0 N–H and O–H groups in total. The Hall–Kier alpha value is -4.19. The number of ether oxygens (including phenoxy) is 1. The molecule has 0 radical (unpaired) electrons. The van der Waals surface area contributed by atoms with E-state index in [1.807, 2.05) is 19.3 Å². The van der Waals surface area contributed by atoms with Crippen molar-refractivity contribution in [2.45, 2.75) is 25.4 Å². The molecule has 0 saturated heterocycles. The highest BCUT2D eigenvalue weighted by Crippen LogP contribution is 2.44. The third-order valence-corrected chi connectivity index (χ3v) is 6.57. The number of benzene rings is 2. The molecule has 5 aromatic rings. The first kappa shape index (κ1) is 21.4. The molecule has 0 unspecified atom stereocenters. The van der Waals surface area contributed by atoms with Crippen LogP contribution in [-0.2, 0) is 20.7 Å². The summed E-state index contributed by atoms with van der Waals surface area (Å²) >= 11 is 0. The van der Waals surface area contributed by atoms with E-state index in [1.165, 1.54) is 23.8 Å². The molecular weight excluding hydrogens is 436 g/mol. The van der Waals surface area contributed by atoms with Gasteiger partial charge < -0.3 is 9.30 Å². The van der Waals surface area contributed by atoms with Gasteiger partial charge in [-0.3, -0.25) is 9.48 Å². The van der Waals surface area contributed by atoms with Gasteiger partial charge in [-0.2, -0.15) is 0 Å². The molecule has 0 amide bonds. The summed E-state index contributed by atoms with van der Waals surface area (Å²) < 4.78 is 9.39. The Morgan fingerprint density at radius 1 is 0.943 bits per heavy atom. The van der Waals surface area contributed by atoms with Crippen molar-refractivity contribution in [3.63, 3.8) is 0 Å². The second-order valence-electron chi connectivity index (χ2n) is 9.27. The molecule has 174 valence electrons. The number of pyridine rings is 2. The van der Waals surface area contributed by atoms with Crippen molar-refractivity contribution in [2.75, 3.05) is 0 Å². The van der Waals surface area contributed by atoms with Crippen LogP contribution in [0.15, 0.2) is 83.9 Å². The topological polar surface area (TPSA) is 61.9 Å². The SMILES string of the molecule is Cn1cc(-c2ccc(=O)n(C)c2)c(OCc2ccc(-c3nc4ccccc4cc3C3CC3)cc2)n1. The predicted octanol–water partition coefficient (Wildman–Crippen LogP) is 5.46. The van der Waals surface area contributed by atoms with Crippen molar-refractivity contribution in [1.29, 1.82) is 0 Å². The first-order chi connectivity index (χ1) is 17.0. The molecule has 1 aliphatic carbocycles. The lowest BCUT2D eigenvalue weighted by Crippen LogP contribution is -2.13. The van der Waals surface area contributed by atoms with Gasteiger partial charge >= 0.3 is 0 Å². The van der Waals surface area contributed by atoms with Crippen molar-refractivity contribution in [3.05, 3.63) is 101 Å². The smallest absolute Gasteiger partial charge is 0.250 e. The number of para-hydroxylation sites is 1. The van der Waals surface area contributed by atoms with E-state index in [0.29, 0.717) is 18.4 Å². The molecule has 0 spiro atoms. The van der Waals surface area contributed by atoms with E-state index in [4.69, 9.17) is 9.72 Å². The zero-order valence-electron chi connectivity index (χ0n) is 19.8. The van der Waals surface area contributed by atoms with Crippen LogP contribution in [0.2, 0.25) is 0 Å². The van der Waals surface area contributed by atoms with Gasteiger partial charge in [-0.1, -0.05) is 42.5 Å². The summed E-state index contributed by atoms with van der Waals surface area (Å²) in [5, 5.41) is 5.68. The molecule has 2 aromatic carbocycles. The van der Waals surface area contributed by atoms with Gasteiger partial charge in [-0.25, -0.2) is 4.98 Å². The van der Waals surface area contributed by atoms with E-state index in [0.717, 1.165) is 33.5 Å². The Morgan fingerprint density at radius 2 is 1.71 bits per heavy atom. The quantitative estimate of drug-likeness (QED) is 0.336. The zero-order chi connectivity index (χ0) is 23.9. The number of nitrogens with zero attached hydrogens (tertiary/aromatic N) is 4. The summed E-state index contributed by atoms with van der Waals surface area (Å²) in [5.74, 6) is 1.16. The van der Waals surface area contributed by atoms with Crippen LogP contribution < -0.4 is 10.3 Å². The lowest BCUT2D eigenvalue weighted by atomic mass is 9.99.